The molecule has 0 aliphatic carbocycles. The summed E-state index contributed by atoms with van der Waals surface area (Å²) in [5.74, 6) is 0.466. The summed E-state index contributed by atoms with van der Waals surface area (Å²) in [5.41, 5.74) is 6.01. The zero-order valence-electron chi connectivity index (χ0n) is 11.4. The minimum absolute atomic E-state index is 0.350. The van der Waals surface area contributed by atoms with Crippen molar-refractivity contribution in [1.82, 2.24) is 16.2 Å². The third-order valence-electron chi connectivity index (χ3n) is 3.70. The smallest absolute Gasteiger partial charge is 0.316 e. The Morgan fingerprint density at radius 3 is 2.70 bits per heavy atom. The van der Waals surface area contributed by atoms with Crippen LogP contribution >= 0.6 is 0 Å². The van der Waals surface area contributed by atoms with E-state index >= 15 is 0 Å². The third-order valence-corrected chi connectivity index (χ3v) is 3.70. The first kappa shape index (κ1) is 15.3. The predicted octanol–water partition coefficient (Wildman–Crippen LogP) is 1.95. The number of hydrogen-bond donors (Lipinski definition) is 3. The van der Waals surface area contributed by atoms with Gasteiger partial charge in [-0.15, -0.1) is 0 Å². The highest BCUT2D eigenvalue weighted by Gasteiger charge is 2.32. The van der Waals surface area contributed by atoms with Gasteiger partial charge in [-0.25, -0.2) is 0 Å². The van der Waals surface area contributed by atoms with Gasteiger partial charge in [0.2, 0.25) is 0 Å². The van der Waals surface area contributed by atoms with E-state index < -0.39 is 11.7 Å². The number of hydrazine groups is 1. The van der Waals surface area contributed by atoms with Crippen LogP contribution in [0.3, 0.4) is 0 Å². The molecule has 1 aromatic rings. The highest BCUT2D eigenvalue weighted by Crippen LogP contribution is 2.31. The Morgan fingerprint density at radius 2 is 2.05 bits per heavy atom. The van der Waals surface area contributed by atoms with E-state index in [1.54, 1.807) is 12.1 Å². The maximum atomic E-state index is 12.8. The molecule has 0 spiro atoms. The molecule has 2 rings (SSSR count). The number of benzene rings is 1. The van der Waals surface area contributed by atoms with E-state index in [9.17, 15) is 13.2 Å². The minimum Gasteiger partial charge on any atom is -0.316 e. The summed E-state index contributed by atoms with van der Waals surface area (Å²) in [7, 11) is 0. The van der Waals surface area contributed by atoms with E-state index in [0.717, 1.165) is 19.2 Å². The summed E-state index contributed by atoms with van der Waals surface area (Å²) >= 11 is 0. The Morgan fingerprint density at radius 1 is 1.30 bits per heavy atom. The lowest BCUT2D eigenvalue weighted by Crippen LogP contribution is -2.33. The van der Waals surface area contributed by atoms with Gasteiger partial charge < -0.3 is 5.32 Å². The second kappa shape index (κ2) is 6.56. The van der Waals surface area contributed by atoms with E-state index in [0.29, 0.717) is 30.5 Å². The number of alkyl halides is 3. The first-order chi connectivity index (χ1) is 9.48. The molecule has 1 saturated heterocycles. The fourth-order valence-electron chi connectivity index (χ4n) is 2.42. The SMILES string of the molecule is CC1NNCC1CNCCc1ccccc1C(F)(F)F. The van der Waals surface area contributed by atoms with Gasteiger partial charge in [0.25, 0.3) is 0 Å². The van der Waals surface area contributed by atoms with Crippen LogP contribution in [0.15, 0.2) is 24.3 Å². The maximum absolute atomic E-state index is 12.8. The normalized spacial score (nSPS) is 23.2. The highest BCUT2D eigenvalue weighted by atomic mass is 19.4. The molecule has 0 bridgehead atoms. The van der Waals surface area contributed by atoms with Crippen LogP contribution in [0.25, 0.3) is 0 Å². The monoisotopic (exact) mass is 287 g/mol. The molecule has 20 heavy (non-hydrogen) atoms. The van der Waals surface area contributed by atoms with Gasteiger partial charge in [-0.05, 0) is 31.5 Å². The molecular formula is C14H20F3N3. The van der Waals surface area contributed by atoms with Gasteiger partial charge in [-0.2, -0.15) is 13.2 Å². The summed E-state index contributed by atoms with van der Waals surface area (Å²) in [6, 6.07) is 6.15. The molecule has 3 N–H and O–H groups in total. The topological polar surface area (TPSA) is 36.1 Å². The van der Waals surface area contributed by atoms with Crippen molar-refractivity contribution in [2.45, 2.75) is 25.6 Å². The van der Waals surface area contributed by atoms with Crippen molar-refractivity contribution in [3.63, 3.8) is 0 Å². The maximum Gasteiger partial charge on any atom is 0.416 e. The van der Waals surface area contributed by atoms with Crippen LogP contribution in [0.5, 0.6) is 0 Å². The molecule has 0 saturated carbocycles. The summed E-state index contributed by atoms with van der Waals surface area (Å²) in [6.45, 7) is 4.32. The van der Waals surface area contributed by atoms with Crippen LogP contribution in [-0.2, 0) is 12.6 Å². The van der Waals surface area contributed by atoms with E-state index in [1.165, 1.54) is 6.07 Å². The van der Waals surface area contributed by atoms with Gasteiger partial charge in [0, 0.05) is 25.0 Å². The lowest BCUT2D eigenvalue weighted by Gasteiger charge is -2.16. The summed E-state index contributed by atoms with van der Waals surface area (Å²) in [6.07, 6.45) is -3.89. The Labute approximate surface area is 116 Å². The zero-order chi connectivity index (χ0) is 14.6. The predicted molar refractivity (Wildman–Crippen MR) is 72.1 cm³/mol. The summed E-state index contributed by atoms with van der Waals surface area (Å²) in [5, 5.41) is 3.24. The minimum atomic E-state index is -4.27. The van der Waals surface area contributed by atoms with E-state index in [-0.39, 0.29) is 0 Å². The molecule has 2 atom stereocenters. The second-order valence-corrected chi connectivity index (χ2v) is 5.18. The van der Waals surface area contributed by atoms with Gasteiger partial charge in [-0.1, -0.05) is 18.2 Å². The molecule has 6 heteroatoms. The third kappa shape index (κ3) is 3.94. The molecule has 2 unspecified atom stereocenters. The van der Waals surface area contributed by atoms with Crippen molar-refractivity contribution in [3.05, 3.63) is 35.4 Å². The van der Waals surface area contributed by atoms with Crippen molar-refractivity contribution in [2.24, 2.45) is 5.92 Å². The lowest BCUT2D eigenvalue weighted by atomic mass is 10.0. The number of hydrogen-bond acceptors (Lipinski definition) is 3. The molecule has 0 aromatic heterocycles. The molecule has 1 aliphatic heterocycles. The molecule has 112 valence electrons. The van der Waals surface area contributed by atoms with Gasteiger partial charge in [0.1, 0.15) is 0 Å². The van der Waals surface area contributed by atoms with Crippen LogP contribution in [0.4, 0.5) is 13.2 Å². The number of rotatable bonds is 5. The summed E-state index contributed by atoms with van der Waals surface area (Å²) in [4.78, 5) is 0. The molecule has 1 aromatic carbocycles. The molecule has 0 amide bonds. The van der Waals surface area contributed by atoms with Gasteiger partial charge in [-0.3, -0.25) is 10.9 Å². The molecule has 0 radical (unpaired) electrons. The first-order valence-electron chi connectivity index (χ1n) is 6.82. The molecule has 1 aliphatic rings. The standard InChI is InChI=1S/C14H20F3N3/c1-10-12(9-19-20-10)8-18-7-6-11-4-2-3-5-13(11)14(15,16)17/h2-5,10,12,18-20H,6-9H2,1H3. The lowest BCUT2D eigenvalue weighted by molar-refractivity contribution is -0.138. The van der Waals surface area contributed by atoms with Gasteiger partial charge in [0.05, 0.1) is 5.56 Å². The molecular weight excluding hydrogens is 267 g/mol. The molecule has 3 nitrogen and oxygen atoms in total. The van der Waals surface area contributed by atoms with Crippen molar-refractivity contribution in [1.29, 1.82) is 0 Å². The average molecular weight is 287 g/mol. The Bertz CT molecular complexity index is 434. The van der Waals surface area contributed by atoms with E-state index in [4.69, 9.17) is 0 Å². The van der Waals surface area contributed by atoms with Gasteiger partial charge >= 0.3 is 6.18 Å². The largest absolute Gasteiger partial charge is 0.416 e. The van der Waals surface area contributed by atoms with Crippen LogP contribution in [-0.4, -0.2) is 25.7 Å². The van der Waals surface area contributed by atoms with Gasteiger partial charge in [0.15, 0.2) is 0 Å². The number of nitrogens with one attached hydrogen (secondary N) is 3. The average Bonchev–Trinajstić information content (AvgIpc) is 2.80. The number of halogens is 3. The van der Waals surface area contributed by atoms with Crippen molar-refractivity contribution in [2.75, 3.05) is 19.6 Å². The Hall–Kier alpha value is -1.11. The van der Waals surface area contributed by atoms with E-state index in [2.05, 4.69) is 23.1 Å². The Kier molecular flexibility index (Phi) is 5.01. The fraction of sp³-hybridized carbons (Fsp3) is 0.571. The van der Waals surface area contributed by atoms with Crippen molar-refractivity contribution in [3.8, 4) is 0 Å². The van der Waals surface area contributed by atoms with Crippen LogP contribution < -0.4 is 16.2 Å². The second-order valence-electron chi connectivity index (χ2n) is 5.18. The fourth-order valence-corrected chi connectivity index (χ4v) is 2.42. The van der Waals surface area contributed by atoms with Crippen LogP contribution in [0.1, 0.15) is 18.1 Å². The van der Waals surface area contributed by atoms with Crippen LogP contribution in [0.2, 0.25) is 0 Å². The first-order valence-corrected chi connectivity index (χ1v) is 6.82. The molecule has 1 heterocycles. The highest BCUT2D eigenvalue weighted by molar-refractivity contribution is 5.29. The zero-order valence-corrected chi connectivity index (χ0v) is 11.4. The van der Waals surface area contributed by atoms with E-state index in [1.807, 2.05) is 0 Å². The molecule has 1 fully saturated rings. The quantitative estimate of drug-likeness (QED) is 0.725. The Balaban J connectivity index is 1.82. The van der Waals surface area contributed by atoms with Crippen molar-refractivity contribution >= 4 is 0 Å². The van der Waals surface area contributed by atoms with Crippen LogP contribution in [0, 0.1) is 5.92 Å². The summed E-state index contributed by atoms with van der Waals surface area (Å²) < 4.78 is 38.5. The van der Waals surface area contributed by atoms with Crippen molar-refractivity contribution < 1.29 is 13.2 Å².